The molecule has 8 heteroatoms. The highest BCUT2D eigenvalue weighted by Gasteiger charge is 2.24. The summed E-state index contributed by atoms with van der Waals surface area (Å²) < 4.78 is 7.04. The van der Waals surface area contributed by atoms with Crippen molar-refractivity contribution in [1.82, 2.24) is 19.7 Å². The zero-order valence-electron chi connectivity index (χ0n) is 17.0. The van der Waals surface area contributed by atoms with Crippen LogP contribution in [0.4, 0.5) is 0 Å². The molecule has 0 aliphatic heterocycles. The molecule has 0 fully saturated rings. The van der Waals surface area contributed by atoms with Crippen molar-refractivity contribution in [3.63, 3.8) is 0 Å². The van der Waals surface area contributed by atoms with Crippen LogP contribution in [0.5, 0.6) is 0 Å². The molecule has 0 radical (unpaired) electrons. The topological polar surface area (TPSA) is 73.8 Å². The van der Waals surface area contributed by atoms with Gasteiger partial charge >= 0.3 is 0 Å². The lowest BCUT2D eigenvalue weighted by atomic mass is 9.96. The second kappa shape index (κ2) is 7.42. The van der Waals surface area contributed by atoms with Crippen LogP contribution in [0.1, 0.15) is 44.7 Å². The van der Waals surface area contributed by atoms with E-state index in [4.69, 9.17) is 9.51 Å². The molecular formula is C21H22N4O2S2. The van der Waals surface area contributed by atoms with Crippen LogP contribution in [0, 0.1) is 0 Å². The van der Waals surface area contributed by atoms with Gasteiger partial charge in [0.15, 0.2) is 11.0 Å². The van der Waals surface area contributed by atoms with Gasteiger partial charge in [0.1, 0.15) is 4.83 Å². The first kappa shape index (κ1) is 19.8. The second-order valence-electron chi connectivity index (χ2n) is 7.92. The molecule has 0 amide bonds. The number of hydrogen-bond acceptors (Lipinski definition) is 7. The van der Waals surface area contributed by atoms with E-state index in [1.165, 1.54) is 23.1 Å². The molecule has 0 bridgehead atoms. The molecule has 150 valence electrons. The van der Waals surface area contributed by atoms with Gasteiger partial charge in [0.25, 0.3) is 5.56 Å². The Labute approximate surface area is 177 Å². The van der Waals surface area contributed by atoms with Crippen molar-refractivity contribution < 1.29 is 4.52 Å². The molecule has 6 nitrogen and oxygen atoms in total. The van der Waals surface area contributed by atoms with Crippen molar-refractivity contribution in [1.29, 1.82) is 0 Å². The highest BCUT2D eigenvalue weighted by molar-refractivity contribution is 7.99. The van der Waals surface area contributed by atoms with Gasteiger partial charge < -0.3 is 4.52 Å². The minimum absolute atomic E-state index is 0.0518. The molecule has 4 rings (SSSR count). The molecule has 1 atom stereocenters. The molecular weight excluding hydrogens is 404 g/mol. The maximum atomic E-state index is 12.9. The average Bonchev–Trinajstić information content (AvgIpc) is 3.34. The summed E-state index contributed by atoms with van der Waals surface area (Å²) in [4.78, 5) is 24.0. The number of nitrogens with zero attached hydrogens (tertiary/aromatic N) is 4. The Kier molecular flexibility index (Phi) is 5.08. The van der Waals surface area contributed by atoms with Gasteiger partial charge in [-0.25, -0.2) is 4.98 Å². The van der Waals surface area contributed by atoms with Crippen LogP contribution in [0.15, 0.2) is 50.9 Å². The first-order valence-electron chi connectivity index (χ1n) is 9.31. The SMILES string of the molecule is CC(Sc1nc2sc(-c3ccccc3)cc2c(=O)n1C)c1nc(C(C)(C)C)no1. The minimum Gasteiger partial charge on any atom is -0.338 e. The number of fused-ring (bicyclic) bond motifs is 1. The third-order valence-corrected chi connectivity index (χ3v) is 6.74. The van der Waals surface area contributed by atoms with Gasteiger partial charge in [-0.05, 0) is 18.6 Å². The van der Waals surface area contributed by atoms with E-state index in [0.717, 1.165) is 15.3 Å². The lowest BCUT2D eigenvalue weighted by molar-refractivity contribution is 0.364. The van der Waals surface area contributed by atoms with Crippen LogP contribution in [-0.4, -0.2) is 19.7 Å². The van der Waals surface area contributed by atoms with E-state index in [1.807, 2.05) is 64.1 Å². The number of aromatic nitrogens is 4. The van der Waals surface area contributed by atoms with Crippen LogP contribution in [0.2, 0.25) is 0 Å². The van der Waals surface area contributed by atoms with Crippen molar-refractivity contribution in [2.45, 2.75) is 43.5 Å². The Morgan fingerprint density at radius 3 is 2.55 bits per heavy atom. The van der Waals surface area contributed by atoms with E-state index in [0.29, 0.717) is 22.3 Å². The van der Waals surface area contributed by atoms with Gasteiger partial charge in [0, 0.05) is 17.3 Å². The van der Waals surface area contributed by atoms with Gasteiger partial charge in [-0.2, -0.15) is 4.98 Å². The summed E-state index contributed by atoms with van der Waals surface area (Å²) in [6, 6.07) is 12.0. The zero-order valence-corrected chi connectivity index (χ0v) is 18.6. The molecule has 0 aliphatic carbocycles. The number of rotatable bonds is 4. The standard InChI is InChI=1S/C21H22N4O2S2/c1-12(16-22-19(24-27-16)21(2,3)4)28-20-23-17-14(18(26)25(20)5)11-15(29-17)13-9-7-6-8-10-13/h6-12H,1-5H3. The van der Waals surface area contributed by atoms with Crippen LogP contribution < -0.4 is 5.56 Å². The molecule has 0 saturated carbocycles. The number of hydrogen-bond donors (Lipinski definition) is 0. The third-order valence-electron chi connectivity index (χ3n) is 4.53. The molecule has 0 aliphatic rings. The zero-order chi connectivity index (χ0) is 20.8. The van der Waals surface area contributed by atoms with Gasteiger partial charge in [-0.1, -0.05) is 68.0 Å². The molecule has 1 unspecified atom stereocenters. The Balaban J connectivity index is 1.68. The fraction of sp³-hybridized carbons (Fsp3) is 0.333. The van der Waals surface area contributed by atoms with E-state index in [1.54, 1.807) is 11.6 Å². The summed E-state index contributed by atoms with van der Waals surface area (Å²) in [5.74, 6) is 1.20. The number of thiophene rings is 1. The van der Waals surface area contributed by atoms with Crippen molar-refractivity contribution in [2.24, 2.45) is 7.05 Å². The summed E-state index contributed by atoms with van der Waals surface area (Å²) in [6.45, 7) is 8.10. The summed E-state index contributed by atoms with van der Waals surface area (Å²) in [5, 5.41) is 5.24. The molecule has 1 aromatic carbocycles. The van der Waals surface area contributed by atoms with Crippen LogP contribution in [0.25, 0.3) is 20.7 Å². The van der Waals surface area contributed by atoms with Gasteiger partial charge in [-0.3, -0.25) is 9.36 Å². The molecule has 4 aromatic rings. The van der Waals surface area contributed by atoms with E-state index < -0.39 is 0 Å². The molecule has 0 spiro atoms. The molecule has 3 aromatic heterocycles. The summed E-state index contributed by atoms with van der Waals surface area (Å²) in [7, 11) is 1.75. The van der Waals surface area contributed by atoms with Crippen molar-refractivity contribution >= 4 is 33.3 Å². The number of benzene rings is 1. The Bertz CT molecular complexity index is 1220. The lowest BCUT2D eigenvalue weighted by Gasteiger charge is -2.11. The smallest absolute Gasteiger partial charge is 0.262 e. The third kappa shape index (κ3) is 3.86. The summed E-state index contributed by atoms with van der Waals surface area (Å²) >= 11 is 2.97. The van der Waals surface area contributed by atoms with Crippen molar-refractivity contribution in [3.05, 3.63) is 58.5 Å². The fourth-order valence-corrected chi connectivity index (χ4v) is 4.79. The molecule has 0 saturated heterocycles. The van der Waals surface area contributed by atoms with Crippen LogP contribution >= 0.6 is 23.1 Å². The lowest BCUT2D eigenvalue weighted by Crippen LogP contribution is -2.19. The normalized spacial score (nSPS) is 13.1. The monoisotopic (exact) mass is 426 g/mol. The van der Waals surface area contributed by atoms with E-state index in [-0.39, 0.29) is 16.2 Å². The van der Waals surface area contributed by atoms with Gasteiger partial charge in [0.2, 0.25) is 5.89 Å². The maximum absolute atomic E-state index is 12.9. The fourth-order valence-electron chi connectivity index (χ4n) is 2.81. The van der Waals surface area contributed by atoms with Crippen LogP contribution in [-0.2, 0) is 12.5 Å². The predicted molar refractivity (Wildman–Crippen MR) is 118 cm³/mol. The summed E-state index contributed by atoms with van der Waals surface area (Å²) in [6.07, 6.45) is 0. The van der Waals surface area contributed by atoms with E-state index >= 15 is 0 Å². The highest BCUT2D eigenvalue weighted by Crippen LogP contribution is 2.36. The number of thioether (sulfide) groups is 1. The van der Waals surface area contributed by atoms with Gasteiger partial charge in [0.05, 0.1) is 10.6 Å². The quantitative estimate of drug-likeness (QED) is 0.330. The molecule has 3 heterocycles. The predicted octanol–water partition coefficient (Wildman–Crippen LogP) is 5.20. The first-order chi connectivity index (χ1) is 13.7. The first-order valence-corrected chi connectivity index (χ1v) is 11.0. The highest BCUT2D eigenvalue weighted by atomic mass is 32.2. The van der Waals surface area contributed by atoms with Crippen molar-refractivity contribution in [3.8, 4) is 10.4 Å². The van der Waals surface area contributed by atoms with E-state index in [2.05, 4.69) is 10.1 Å². The maximum Gasteiger partial charge on any atom is 0.262 e. The summed E-state index contributed by atoms with van der Waals surface area (Å²) in [5.41, 5.74) is 0.853. The van der Waals surface area contributed by atoms with E-state index in [9.17, 15) is 4.79 Å². The average molecular weight is 427 g/mol. The Morgan fingerprint density at radius 2 is 1.90 bits per heavy atom. The largest absolute Gasteiger partial charge is 0.338 e. The van der Waals surface area contributed by atoms with Crippen LogP contribution in [0.3, 0.4) is 0 Å². The Morgan fingerprint density at radius 1 is 1.17 bits per heavy atom. The molecule has 0 N–H and O–H groups in total. The minimum atomic E-state index is -0.180. The second-order valence-corrected chi connectivity index (χ2v) is 10.3. The Hall–Kier alpha value is -2.45. The van der Waals surface area contributed by atoms with Gasteiger partial charge in [-0.15, -0.1) is 11.3 Å². The molecule has 29 heavy (non-hydrogen) atoms. The van der Waals surface area contributed by atoms with Crippen molar-refractivity contribution in [2.75, 3.05) is 0 Å².